The van der Waals surface area contributed by atoms with Gasteiger partial charge in [-0.15, -0.1) is 0 Å². The third-order valence-electron chi connectivity index (χ3n) is 3.14. The standard InChI is InChI=1S/C14H16N2O2/c1-10(18)13-5-2-11(9-15)8-14(13)16(6-7-17)12-3-4-12/h2,5,8,12,17H,3-4,6-7H2,1H3. The number of hydrogen-bond acceptors (Lipinski definition) is 4. The van der Waals surface area contributed by atoms with Crippen LogP contribution in [0.5, 0.6) is 0 Å². The van der Waals surface area contributed by atoms with Gasteiger partial charge in [0.05, 0.1) is 18.2 Å². The lowest BCUT2D eigenvalue weighted by Gasteiger charge is -2.25. The summed E-state index contributed by atoms with van der Waals surface area (Å²) >= 11 is 0. The number of hydrogen-bond donors (Lipinski definition) is 1. The minimum Gasteiger partial charge on any atom is -0.395 e. The molecule has 1 aromatic carbocycles. The average molecular weight is 244 g/mol. The second kappa shape index (κ2) is 5.19. The van der Waals surface area contributed by atoms with Crippen molar-refractivity contribution in [2.24, 2.45) is 0 Å². The number of benzene rings is 1. The van der Waals surface area contributed by atoms with Crippen molar-refractivity contribution in [1.82, 2.24) is 0 Å². The van der Waals surface area contributed by atoms with E-state index in [2.05, 4.69) is 6.07 Å². The number of ketones is 1. The molecule has 0 unspecified atom stereocenters. The quantitative estimate of drug-likeness (QED) is 0.801. The maximum atomic E-state index is 11.6. The largest absolute Gasteiger partial charge is 0.395 e. The third kappa shape index (κ3) is 2.52. The van der Waals surface area contributed by atoms with Crippen molar-refractivity contribution in [2.45, 2.75) is 25.8 Å². The molecule has 4 nitrogen and oxygen atoms in total. The van der Waals surface area contributed by atoms with Gasteiger partial charge in [0.2, 0.25) is 0 Å². The molecule has 1 saturated carbocycles. The molecular weight excluding hydrogens is 228 g/mol. The normalized spacial score (nSPS) is 14.1. The fourth-order valence-corrected chi connectivity index (χ4v) is 2.13. The first-order valence-corrected chi connectivity index (χ1v) is 6.10. The van der Waals surface area contributed by atoms with Crippen LogP contribution in [0.15, 0.2) is 18.2 Å². The van der Waals surface area contributed by atoms with Crippen molar-refractivity contribution < 1.29 is 9.90 Å². The predicted octanol–water partition coefficient (Wildman–Crippen LogP) is 1.72. The number of aliphatic hydroxyl groups excluding tert-OH is 1. The Labute approximate surface area is 106 Å². The van der Waals surface area contributed by atoms with Gasteiger partial charge in [-0.25, -0.2) is 0 Å². The van der Waals surface area contributed by atoms with E-state index in [4.69, 9.17) is 10.4 Å². The smallest absolute Gasteiger partial charge is 0.161 e. The Balaban J connectivity index is 2.44. The minimum absolute atomic E-state index is 0.0157. The number of aliphatic hydroxyl groups is 1. The highest BCUT2D eigenvalue weighted by atomic mass is 16.3. The van der Waals surface area contributed by atoms with Crippen LogP contribution in [0, 0.1) is 11.3 Å². The third-order valence-corrected chi connectivity index (χ3v) is 3.14. The summed E-state index contributed by atoms with van der Waals surface area (Å²) in [4.78, 5) is 13.7. The summed E-state index contributed by atoms with van der Waals surface area (Å²) in [5.74, 6) is -0.0157. The zero-order valence-corrected chi connectivity index (χ0v) is 10.4. The molecule has 0 heterocycles. The van der Waals surface area contributed by atoms with E-state index in [0.717, 1.165) is 18.5 Å². The first-order chi connectivity index (χ1) is 8.67. The summed E-state index contributed by atoms with van der Waals surface area (Å²) in [6.45, 7) is 2.07. The van der Waals surface area contributed by atoms with Crippen LogP contribution in [0.3, 0.4) is 0 Å². The van der Waals surface area contributed by atoms with Crippen molar-refractivity contribution in [3.05, 3.63) is 29.3 Å². The van der Waals surface area contributed by atoms with Crippen molar-refractivity contribution in [1.29, 1.82) is 5.26 Å². The number of carbonyl (C=O) groups is 1. The van der Waals surface area contributed by atoms with Gasteiger partial charge >= 0.3 is 0 Å². The Morgan fingerprint density at radius 1 is 1.56 bits per heavy atom. The number of nitrogens with zero attached hydrogens (tertiary/aromatic N) is 2. The van der Waals surface area contributed by atoms with E-state index < -0.39 is 0 Å². The lowest BCUT2D eigenvalue weighted by Crippen LogP contribution is -2.30. The Morgan fingerprint density at radius 3 is 2.78 bits per heavy atom. The molecule has 0 atom stereocenters. The molecule has 0 bridgehead atoms. The molecule has 0 radical (unpaired) electrons. The number of carbonyl (C=O) groups excluding carboxylic acids is 1. The van der Waals surface area contributed by atoms with Gasteiger partial charge in [-0.3, -0.25) is 4.79 Å². The van der Waals surface area contributed by atoms with Gasteiger partial charge in [-0.1, -0.05) is 0 Å². The zero-order chi connectivity index (χ0) is 13.1. The minimum atomic E-state index is -0.0157. The van der Waals surface area contributed by atoms with E-state index in [1.807, 2.05) is 4.90 Å². The summed E-state index contributed by atoms with van der Waals surface area (Å²) in [6, 6.07) is 7.58. The average Bonchev–Trinajstić information content (AvgIpc) is 3.19. The Bertz CT molecular complexity index is 501. The van der Waals surface area contributed by atoms with Crippen LogP contribution in [0.4, 0.5) is 5.69 Å². The predicted molar refractivity (Wildman–Crippen MR) is 68.6 cm³/mol. The molecule has 18 heavy (non-hydrogen) atoms. The van der Waals surface area contributed by atoms with Gasteiger partial charge in [0.15, 0.2) is 5.78 Å². The molecule has 1 aromatic rings. The first kappa shape index (κ1) is 12.6. The first-order valence-electron chi connectivity index (χ1n) is 6.10. The van der Waals surface area contributed by atoms with Gasteiger partial charge < -0.3 is 10.0 Å². The number of anilines is 1. The highest BCUT2D eigenvalue weighted by molar-refractivity contribution is 6.00. The van der Waals surface area contributed by atoms with E-state index in [9.17, 15) is 4.79 Å². The van der Waals surface area contributed by atoms with Crippen molar-refractivity contribution >= 4 is 11.5 Å². The molecule has 94 valence electrons. The lowest BCUT2D eigenvalue weighted by atomic mass is 10.1. The summed E-state index contributed by atoms with van der Waals surface area (Å²) < 4.78 is 0. The van der Waals surface area contributed by atoms with Gasteiger partial charge in [0.1, 0.15) is 0 Å². The second-order valence-corrected chi connectivity index (χ2v) is 4.55. The van der Waals surface area contributed by atoms with Crippen molar-refractivity contribution in [3.8, 4) is 6.07 Å². The molecule has 1 N–H and O–H groups in total. The number of nitriles is 1. The SMILES string of the molecule is CC(=O)c1ccc(C#N)cc1N(CCO)C1CC1. The van der Waals surface area contributed by atoms with Crippen LogP contribution in [0.2, 0.25) is 0 Å². The number of rotatable bonds is 5. The van der Waals surface area contributed by atoms with Gasteiger partial charge in [-0.05, 0) is 38.0 Å². The molecule has 0 amide bonds. The monoisotopic (exact) mass is 244 g/mol. The van der Waals surface area contributed by atoms with E-state index in [1.165, 1.54) is 6.92 Å². The molecule has 0 aromatic heterocycles. The molecule has 1 fully saturated rings. The van der Waals surface area contributed by atoms with Gasteiger partial charge in [0, 0.05) is 23.8 Å². The zero-order valence-electron chi connectivity index (χ0n) is 10.4. The molecule has 0 aliphatic heterocycles. The highest BCUT2D eigenvalue weighted by Crippen LogP contribution is 2.34. The number of Topliss-reactive ketones (excluding diaryl/α,β-unsaturated/α-hetero) is 1. The van der Waals surface area contributed by atoms with Crippen LogP contribution in [0.25, 0.3) is 0 Å². The van der Waals surface area contributed by atoms with E-state index in [-0.39, 0.29) is 12.4 Å². The lowest BCUT2D eigenvalue weighted by molar-refractivity contribution is 0.101. The summed E-state index contributed by atoms with van der Waals surface area (Å²) in [7, 11) is 0. The summed E-state index contributed by atoms with van der Waals surface area (Å²) in [5, 5.41) is 18.1. The van der Waals surface area contributed by atoms with E-state index in [0.29, 0.717) is 23.7 Å². The van der Waals surface area contributed by atoms with Gasteiger partial charge in [-0.2, -0.15) is 5.26 Å². The summed E-state index contributed by atoms with van der Waals surface area (Å²) in [6.07, 6.45) is 2.16. The Morgan fingerprint density at radius 2 is 2.28 bits per heavy atom. The highest BCUT2D eigenvalue weighted by Gasteiger charge is 2.30. The van der Waals surface area contributed by atoms with Crippen LogP contribution < -0.4 is 4.90 Å². The Hall–Kier alpha value is -1.86. The Kier molecular flexibility index (Phi) is 3.63. The van der Waals surface area contributed by atoms with Crippen LogP contribution in [0.1, 0.15) is 35.7 Å². The van der Waals surface area contributed by atoms with E-state index >= 15 is 0 Å². The molecule has 0 spiro atoms. The van der Waals surface area contributed by atoms with Gasteiger partial charge in [0.25, 0.3) is 0 Å². The van der Waals surface area contributed by atoms with Crippen molar-refractivity contribution in [2.75, 3.05) is 18.1 Å². The maximum Gasteiger partial charge on any atom is 0.161 e. The fourth-order valence-electron chi connectivity index (χ4n) is 2.13. The van der Waals surface area contributed by atoms with Crippen LogP contribution in [-0.4, -0.2) is 30.1 Å². The topological polar surface area (TPSA) is 64.3 Å². The van der Waals surface area contributed by atoms with Crippen molar-refractivity contribution in [3.63, 3.8) is 0 Å². The summed E-state index contributed by atoms with van der Waals surface area (Å²) in [5.41, 5.74) is 1.94. The maximum absolute atomic E-state index is 11.6. The second-order valence-electron chi connectivity index (χ2n) is 4.55. The van der Waals surface area contributed by atoms with Crippen LogP contribution >= 0.6 is 0 Å². The molecule has 2 rings (SSSR count). The molecular formula is C14H16N2O2. The van der Waals surface area contributed by atoms with E-state index in [1.54, 1.807) is 18.2 Å². The molecule has 1 aliphatic carbocycles. The molecule has 0 saturated heterocycles. The fraction of sp³-hybridized carbons (Fsp3) is 0.429. The van der Waals surface area contributed by atoms with Crippen LogP contribution in [-0.2, 0) is 0 Å². The molecule has 1 aliphatic rings. The molecule has 4 heteroatoms.